The van der Waals surface area contributed by atoms with Gasteiger partial charge in [0, 0.05) is 10.8 Å². The van der Waals surface area contributed by atoms with Gasteiger partial charge in [-0.05, 0) is 64.6 Å². The molecule has 0 amide bonds. The van der Waals surface area contributed by atoms with E-state index >= 15 is 0 Å². The third-order valence-electron chi connectivity index (χ3n) is 5.21. The Bertz CT molecular complexity index is 1220. The lowest BCUT2D eigenvalue weighted by molar-refractivity contribution is 0.585. The Labute approximate surface area is 170 Å². The van der Waals surface area contributed by atoms with Crippen LogP contribution in [0.2, 0.25) is 5.02 Å². The fraction of sp³-hybridized carbons (Fsp3) is 0.167. The van der Waals surface area contributed by atoms with E-state index in [4.69, 9.17) is 11.6 Å². The summed E-state index contributed by atoms with van der Waals surface area (Å²) < 4.78 is 57.4. The molecule has 0 bridgehead atoms. The number of aryl methyl sites for hydroxylation is 1. The number of unbranched alkanes of at least 4 members (excludes halogenated alkanes) is 1. The van der Waals surface area contributed by atoms with Crippen LogP contribution in [-0.4, -0.2) is 0 Å². The summed E-state index contributed by atoms with van der Waals surface area (Å²) in [6, 6.07) is 11.7. The van der Waals surface area contributed by atoms with E-state index in [9.17, 15) is 17.6 Å². The maximum atomic E-state index is 14.9. The lowest BCUT2D eigenvalue weighted by atomic mass is 9.95. The summed E-state index contributed by atoms with van der Waals surface area (Å²) in [6.45, 7) is 2.03. The predicted molar refractivity (Wildman–Crippen MR) is 110 cm³/mol. The van der Waals surface area contributed by atoms with Crippen LogP contribution in [0.1, 0.15) is 25.3 Å². The van der Waals surface area contributed by atoms with Crippen molar-refractivity contribution < 1.29 is 17.6 Å². The number of rotatable bonds is 4. The summed E-state index contributed by atoms with van der Waals surface area (Å²) in [5, 5.41) is 1.05. The molecule has 0 radical (unpaired) electrons. The van der Waals surface area contributed by atoms with E-state index in [-0.39, 0.29) is 16.3 Å². The van der Waals surface area contributed by atoms with Crippen LogP contribution < -0.4 is 0 Å². The fourth-order valence-electron chi connectivity index (χ4n) is 3.66. The molecular weight excluding hydrogens is 400 g/mol. The number of hydrogen-bond acceptors (Lipinski definition) is 0. The smallest absolute Gasteiger partial charge is 0.145 e. The van der Waals surface area contributed by atoms with Gasteiger partial charge >= 0.3 is 0 Å². The topological polar surface area (TPSA) is 0 Å². The third-order valence-corrected chi connectivity index (χ3v) is 5.58. The van der Waals surface area contributed by atoms with Crippen molar-refractivity contribution in [1.29, 1.82) is 0 Å². The molecule has 0 nitrogen and oxygen atoms in total. The quantitative estimate of drug-likeness (QED) is 0.178. The lowest BCUT2D eigenvalue weighted by Gasteiger charge is -2.12. The normalized spacial score (nSPS) is 11.5. The first-order valence-corrected chi connectivity index (χ1v) is 9.76. The molecule has 0 spiro atoms. The van der Waals surface area contributed by atoms with E-state index < -0.39 is 28.3 Å². The Morgan fingerprint density at radius 2 is 1.34 bits per heavy atom. The molecule has 4 rings (SSSR count). The van der Waals surface area contributed by atoms with E-state index in [2.05, 4.69) is 0 Å². The van der Waals surface area contributed by atoms with Crippen molar-refractivity contribution in [2.75, 3.05) is 0 Å². The summed E-state index contributed by atoms with van der Waals surface area (Å²) >= 11 is 5.54. The van der Waals surface area contributed by atoms with Crippen molar-refractivity contribution in [2.24, 2.45) is 0 Å². The van der Waals surface area contributed by atoms with Gasteiger partial charge in [-0.3, -0.25) is 0 Å². The van der Waals surface area contributed by atoms with Crippen LogP contribution in [0.5, 0.6) is 0 Å². The molecule has 148 valence electrons. The third kappa shape index (κ3) is 3.46. The molecule has 0 atom stereocenters. The molecule has 5 heteroatoms. The molecule has 0 N–H and O–H groups in total. The molecule has 0 saturated carbocycles. The summed E-state index contributed by atoms with van der Waals surface area (Å²) in [5.74, 6) is -2.76. The van der Waals surface area contributed by atoms with Crippen LogP contribution in [0.3, 0.4) is 0 Å². The zero-order valence-electron chi connectivity index (χ0n) is 15.6. The standard InChI is InChI=1S/C24H17ClF4/c1-2-3-4-13-5-7-17-16-8-6-14(15-10-21(27)23(25)22(28)11-15)9-18(16)20(26)12-19(17)24(13)29/h5-12H,2-4H2,1H3. The highest BCUT2D eigenvalue weighted by Crippen LogP contribution is 2.35. The van der Waals surface area contributed by atoms with E-state index in [1.165, 1.54) is 12.1 Å². The molecule has 4 aromatic rings. The van der Waals surface area contributed by atoms with Crippen molar-refractivity contribution >= 4 is 33.1 Å². The van der Waals surface area contributed by atoms with Gasteiger partial charge in [0.2, 0.25) is 0 Å². The fourth-order valence-corrected chi connectivity index (χ4v) is 3.77. The van der Waals surface area contributed by atoms with Crippen LogP contribution in [-0.2, 0) is 6.42 Å². The number of halogens is 5. The van der Waals surface area contributed by atoms with Gasteiger partial charge in [0.05, 0.1) is 0 Å². The highest BCUT2D eigenvalue weighted by atomic mass is 35.5. The first kappa shape index (κ1) is 19.7. The van der Waals surface area contributed by atoms with Gasteiger partial charge < -0.3 is 0 Å². The molecule has 0 fully saturated rings. The number of benzene rings is 4. The summed E-state index contributed by atoms with van der Waals surface area (Å²) in [5.41, 5.74) is 1.25. The summed E-state index contributed by atoms with van der Waals surface area (Å²) in [6.07, 6.45) is 2.40. The molecule has 0 aromatic heterocycles. The molecule has 0 aliphatic carbocycles. The lowest BCUT2D eigenvalue weighted by Crippen LogP contribution is -1.94. The molecular formula is C24H17ClF4. The van der Waals surface area contributed by atoms with E-state index in [1.807, 2.05) is 6.92 Å². The van der Waals surface area contributed by atoms with Crippen LogP contribution in [0.25, 0.3) is 32.7 Å². The first-order valence-electron chi connectivity index (χ1n) is 9.39. The van der Waals surface area contributed by atoms with Crippen molar-refractivity contribution in [3.8, 4) is 11.1 Å². The van der Waals surface area contributed by atoms with Gasteiger partial charge in [0.1, 0.15) is 28.3 Å². The minimum absolute atomic E-state index is 0.236. The molecule has 4 aromatic carbocycles. The molecule has 0 aliphatic rings. The molecule has 0 unspecified atom stereocenters. The second-order valence-electron chi connectivity index (χ2n) is 7.11. The summed E-state index contributed by atoms with van der Waals surface area (Å²) in [4.78, 5) is 0. The van der Waals surface area contributed by atoms with Crippen LogP contribution in [0, 0.1) is 23.3 Å². The van der Waals surface area contributed by atoms with Crippen LogP contribution >= 0.6 is 11.6 Å². The molecule has 0 aliphatic heterocycles. The zero-order chi connectivity index (χ0) is 20.7. The second kappa shape index (κ2) is 7.68. The molecule has 0 heterocycles. The minimum Gasteiger partial charge on any atom is -0.206 e. The van der Waals surface area contributed by atoms with E-state index in [0.717, 1.165) is 25.0 Å². The average molecular weight is 417 g/mol. The van der Waals surface area contributed by atoms with E-state index in [1.54, 1.807) is 24.3 Å². The van der Waals surface area contributed by atoms with Crippen LogP contribution in [0.4, 0.5) is 17.6 Å². The van der Waals surface area contributed by atoms with Crippen molar-refractivity contribution in [1.82, 2.24) is 0 Å². The number of fused-ring (bicyclic) bond motifs is 3. The van der Waals surface area contributed by atoms with E-state index in [0.29, 0.717) is 28.3 Å². The van der Waals surface area contributed by atoms with Gasteiger partial charge in [-0.25, -0.2) is 17.6 Å². The Balaban J connectivity index is 1.90. The molecule has 0 saturated heterocycles. The van der Waals surface area contributed by atoms with Crippen LogP contribution in [0.15, 0.2) is 48.5 Å². The number of hydrogen-bond donors (Lipinski definition) is 0. The summed E-state index contributed by atoms with van der Waals surface area (Å²) in [7, 11) is 0. The largest absolute Gasteiger partial charge is 0.206 e. The average Bonchev–Trinajstić information content (AvgIpc) is 2.71. The maximum absolute atomic E-state index is 14.9. The van der Waals surface area contributed by atoms with Crippen molar-refractivity contribution in [2.45, 2.75) is 26.2 Å². The van der Waals surface area contributed by atoms with Crippen molar-refractivity contribution in [3.05, 3.63) is 82.4 Å². The van der Waals surface area contributed by atoms with Gasteiger partial charge in [0.25, 0.3) is 0 Å². The van der Waals surface area contributed by atoms with Gasteiger partial charge in [0.15, 0.2) is 0 Å². The van der Waals surface area contributed by atoms with Gasteiger partial charge in [-0.1, -0.05) is 49.2 Å². The molecule has 29 heavy (non-hydrogen) atoms. The highest BCUT2D eigenvalue weighted by molar-refractivity contribution is 6.31. The minimum atomic E-state index is -0.887. The maximum Gasteiger partial charge on any atom is 0.145 e. The SMILES string of the molecule is CCCCc1ccc2c(cc(F)c3cc(-c4cc(F)c(Cl)c(F)c4)ccc32)c1F. The monoisotopic (exact) mass is 416 g/mol. The Hall–Kier alpha value is -2.59. The Morgan fingerprint density at radius 1 is 0.690 bits per heavy atom. The Kier molecular flexibility index (Phi) is 5.22. The zero-order valence-corrected chi connectivity index (χ0v) is 16.4. The van der Waals surface area contributed by atoms with Crippen molar-refractivity contribution in [3.63, 3.8) is 0 Å². The highest BCUT2D eigenvalue weighted by Gasteiger charge is 2.15. The predicted octanol–water partition coefficient (Wildman–Crippen LogP) is 8.21. The van der Waals surface area contributed by atoms with Gasteiger partial charge in [-0.15, -0.1) is 0 Å². The Morgan fingerprint density at radius 3 is 2.03 bits per heavy atom. The second-order valence-corrected chi connectivity index (χ2v) is 7.49. The van der Waals surface area contributed by atoms with Gasteiger partial charge in [-0.2, -0.15) is 0 Å². The first-order chi connectivity index (χ1) is 13.9.